The van der Waals surface area contributed by atoms with Gasteiger partial charge in [-0.05, 0) is 30.3 Å². The van der Waals surface area contributed by atoms with E-state index in [1.54, 1.807) is 0 Å². The highest BCUT2D eigenvalue weighted by atomic mass is 28.4. The number of ether oxygens (including phenoxy) is 1. The molecule has 24 heavy (non-hydrogen) atoms. The summed E-state index contributed by atoms with van der Waals surface area (Å²) in [4.78, 5) is 10.5. The topological polar surface area (TPSA) is 81.8 Å². The van der Waals surface area contributed by atoms with Crippen molar-refractivity contribution >= 4 is 14.0 Å². The summed E-state index contributed by atoms with van der Waals surface area (Å²) >= 11 is 0. The molecule has 1 rings (SSSR count). The first-order valence-electron chi connectivity index (χ1n) is 7.85. The molecule has 0 spiro atoms. The third kappa shape index (κ3) is 5.15. The molecule has 7 heteroatoms. The minimum absolute atomic E-state index is 0.127. The van der Waals surface area contributed by atoms with Gasteiger partial charge in [-0.25, -0.2) is 0 Å². The van der Waals surface area contributed by atoms with Crippen molar-refractivity contribution in [3.05, 3.63) is 46.5 Å². The standard InChI is InChI=1S/C17H27NO5Si/c1-7-16(19)14-12-13(8-9-15(14)18(20)21)22-10-11-23-24(5,6)17(2,3)4/h7-9,12,16,19H,1,10-11H2,2-6H3. The molecule has 1 unspecified atom stereocenters. The van der Waals surface area contributed by atoms with E-state index in [-0.39, 0.29) is 16.3 Å². The second-order valence-electron chi connectivity index (χ2n) is 7.12. The van der Waals surface area contributed by atoms with Crippen LogP contribution in [0.4, 0.5) is 5.69 Å². The Labute approximate surface area is 144 Å². The number of rotatable bonds is 8. The van der Waals surface area contributed by atoms with E-state index < -0.39 is 19.3 Å². The molecule has 1 atom stereocenters. The molecule has 0 bridgehead atoms. The average Bonchev–Trinajstić information content (AvgIpc) is 2.49. The van der Waals surface area contributed by atoms with Crippen LogP contribution in [0.15, 0.2) is 30.9 Å². The Bertz CT molecular complexity index is 595. The largest absolute Gasteiger partial charge is 0.491 e. The van der Waals surface area contributed by atoms with Gasteiger partial charge in [-0.2, -0.15) is 0 Å². The Morgan fingerprint density at radius 1 is 1.38 bits per heavy atom. The SMILES string of the molecule is C=CC(O)c1cc(OCCO[Si](C)(C)C(C)(C)C)ccc1[N+](=O)[O-]. The van der Waals surface area contributed by atoms with Crippen LogP contribution in [0.1, 0.15) is 32.4 Å². The third-order valence-electron chi connectivity index (χ3n) is 4.36. The maximum atomic E-state index is 11.0. The van der Waals surface area contributed by atoms with Crippen molar-refractivity contribution in [2.75, 3.05) is 13.2 Å². The van der Waals surface area contributed by atoms with E-state index in [0.717, 1.165) is 0 Å². The van der Waals surface area contributed by atoms with Gasteiger partial charge in [-0.1, -0.05) is 26.8 Å². The van der Waals surface area contributed by atoms with Crippen molar-refractivity contribution in [2.24, 2.45) is 0 Å². The van der Waals surface area contributed by atoms with E-state index in [9.17, 15) is 15.2 Å². The van der Waals surface area contributed by atoms with Gasteiger partial charge in [0.2, 0.25) is 0 Å². The summed E-state index contributed by atoms with van der Waals surface area (Å²) in [5, 5.41) is 21.0. The van der Waals surface area contributed by atoms with Gasteiger partial charge in [0.15, 0.2) is 8.32 Å². The summed E-state index contributed by atoms with van der Waals surface area (Å²) in [7, 11) is -1.82. The van der Waals surface area contributed by atoms with Gasteiger partial charge in [-0.15, -0.1) is 6.58 Å². The monoisotopic (exact) mass is 353 g/mol. The van der Waals surface area contributed by atoms with Gasteiger partial charge in [0.05, 0.1) is 17.1 Å². The lowest BCUT2D eigenvalue weighted by atomic mass is 10.1. The highest BCUT2D eigenvalue weighted by Crippen LogP contribution is 2.36. The van der Waals surface area contributed by atoms with Crippen LogP contribution in [0.2, 0.25) is 18.1 Å². The van der Waals surface area contributed by atoms with E-state index in [4.69, 9.17) is 9.16 Å². The molecular formula is C17H27NO5Si. The second-order valence-corrected chi connectivity index (χ2v) is 11.9. The molecule has 1 aromatic rings. The number of aliphatic hydroxyl groups excluding tert-OH is 1. The highest BCUT2D eigenvalue weighted by Gasteiger charge is 2.36. The zero-order valence-electron chi connectivity index (χ0n) is 15.0. The molecular weight excluding hydrogens is 326 g/mol. The Morgan fingerprint density at radius 2 is 2.00 bits per heavy atom. The quantitative estimate of drug-likeness (QED) is 0.249. The molecule has 0 aliphatic rings. The van der Waals surface area contributed by atoms with Crippen molar-refractivity contribution < 1.29 is 19.2 Å². The molecule has 0 amide bonds. The number of nitro groups is 1. The van der Waals surface area contributed by atoms with Gasteiger partial charge < -0.3 is 14.3 Å². The fraction of sp³-hybridized carbons (Fsp3) is 0.529. The van der Waals surface area contributed by atoms with Crippen LogP contribution >= 0.6 is 0 Å². The summed E-state index contributed by atoms with van der Waals surface area (Å²) in [5.74, 6) is 0.454. The van der Waals surface area contributed by atoms with Crippen molar-refractivity contribution in [3.63, 3.8) is 0 Å². The molecule has 0 aliphatic carbocycles. The first kappa shape index (κ1) is 20.3. The van der Waals surface area contributed by atoms with Crippen LogP contribution < -0.4 is 4.74 Å². The summed E-state index contributed by atoms with van der Waals surface area (Å²) in [6, 6.07) is 4.31. The normalized spacial score (nSPS) is 13.4. The Hall–Kier alpha value is -1.70. The number of aliphatic hydroxyl groups is 1. The summed E-state index contributed by atoms with van der Waals surface area (Å²) in [6.07, 6.45) is 0.129. The predicted molar refractivity (Wildman–Crippen MR) is 96.9 cm³/mol. The van der Waals surface area contributed by atoms with Gasteiger partial charge in [0, 0.05) is 6.07 Å². The smallest absolute Gasteiger partial charge is 0.275 e. The molecule has 0 aromatic heterocycles. The van der Waals surface area contributed by atoms with Crippen LogP contribution in [0.25, 0.3) is 0 Å². The number of hydrogen-bond acceptors (Lipinski definition) is 5. The van der Waals surface area contributed by atoms with Crippen molar-refractivity contribution in [1.82, 2.24) is 0 Å². The molecule has 0 saturated heterocycles. The van der Waals surface area contributed by atoms with Gasteiger partial charge in [0.1, 0.15) is 18.5 Å². The minimum Gasteiger partial charge on any atom is -0.491 e. The maximum absolute atomic E-state index is 11.0. The van der Waals surface area contributed by atoms with E-state index in [1.807, 2.05) is 0 Å². The van der Waals surface area contributed by atoms with Gasteiger partial charge in [-0.3, -0.25) is 10.1 Å². The van der Waals surface area contributed by atoms with E-state index in [1.165, 1.54) is 24.3 Å². The molecule has 0 radical (unpaired) electrons. The van der Waals surface area contributed by atoms with Crippen LogP contribution in [-0.2, 0) is 4.43 Å². The van der Waals surface area contributed by atoms with Gasteiger partial charge >= 0.3 is 0 Å². The van der Waals surface area contributed by atoms with Crippen molar-refractivity contribution in [2.45, 2.75) is 45.0 Å². The summed E-state index contributed by atoms with van der Waals surface area (Å²) < 4.78 is 11.6. The molecule has 0 saturated carbocycles. The lowest BCUT2D eigenvalue weighted by Crippen LogP contribution is -2.41. The zero-order chi connectivity index (χ0) is 18.5. The molecule has 1 N–H and O–H groups in total. The Balaban J connectivity index is 2.73. The Kier molecular flexibility index (Phi) is 6.71. The molecule has 0 heterocycles. The van der Waals surface area contributed by atoms with Crippen LogP contribution in [0, 0.1) is 10.1 Å². The van der Waals surface area contributed by atoms with Crippen LogP contribution in [-0.4, -0.2) is 31.6 Å². The lowest BCUT2D eigenvalue weighted by Gasteiger charge is -2.36. The summed E-state index contributed by atoms with van der Waals surface area (Å²) in [5.41, 5.74) is 0.00471. The van der Waals surface area contributed by atoms with E-state index in [0.29, 0.717) is 19.0 Å². The maximum Gasteiger partial charge on any atom is 0.275 e. The molecule has 0 fully saturated rings. The number of nitrogens with zero attached hydrogens (tertiary/aromatic N) is 1. The zero-order valence-corrected chi connectivity index (χ0v) is 16.0. The number of hydrogen-bond donors (Lipinski definition) is 1. The molecule has 6 nitrogen and oxygen atoms in total. The lowest BCUT2D eigenvalue weighted by molar-refractivity contribution is -0.386. The van der Waals surface area contributed by atoms with E-state index in [2.05, 4.69) is 40.4 Å². The molecule has 1 aromatic carbocycles. The second kappa shape index (κ2) is 7.91. The first-order valence-corrected chi connectivity index (χ1v) is 10.8. The van der Waals surface area contributed by atoms with Crippen LogP contribution in [0.5, 0.6) is 5.75 Å². The summed E-state index contributed by atoms with van der Waals surface area (Å²) in [6.45, 7) is 15.1. The fourth-order valence-electron chi connectivity index (χ4n) is 1.83. The van der Waals surface area contributed by atoms with Crippen molar-refractivity contribution in [3.8, 4) is 5.75 Å². The van der Waals surface area contributed by atoms with E-state index >= 15 is 0 Å². The minimum atomic E-state index is -1.82. The third-order valence-corrected chi connectivity index (χ3v) is 8.90. The fourth-order valence-corrected chi connectivity index (χ4v) is 2.85. The number of nitro benzene ring substituents is 1. The first-order chi connectivity index (χ1) is 11.0. The van der Waals surface area contributed by atoms with Crippen molar-refractivity contribution in [1.29, 1.82) is 0 Å². The average molecular weight is 353 g/mol. The Morgan fingerprint density at radius 3 is 2.50 bits per heavy atom. The predicted octanol–water partition coefficient (Wildman–Crippen LogP) is 4.21. The highest BCUT2D eigenvalue weighted by molar-refractivity contribution is 6.74. The van der Waals surface area contributed by atoms with Gasteiger partial charge in [0.25, 0.3) is 5.69 Å². The van der Waals surface area contributed by atoms with Crippen LogP contribution in [0.3, 0.4) is 0 Å². The molecule has 0 aliphatic heterocycles. The molecule has 134 valence electrons. The number of benzene rings is 1.